The molecule has 0 spiro atoms. The molecule has 1 N–H and O–H groups in total. The maximum atomic E-state index is 12.6. The van der Waals surface area contributed by atoms with Gasteiger partial charge in [0.05, 0.1) is 6.04 Å². The summed E-state index contributed by atoms with van der Waals surface area (Å²) < 4.78 is 1.97. The normalized spacial score (nSPS) is 17.3. The Labute approximate surface area is 150 Å². The van der Waals surface area contributed by atoms with Crippen LogP contribution >= 0.6 is 0 Å². The van der Waals surface area contributed by atoms with Gasteiger partial charge in [-0.05, 0) is 56.9 Å². The van der Waals surface area contributed by atoms with Crippen LogP contribution in [0.15, 0.2) is 42.7 Å². The van der Waals surface area contributed by atoms with Gasteiger partial charge in [0.15, 0.2) is 0 Å². The van der Waals surface area contributed by atoms with E-state index in [0.717, 1.165) is 43.6 Å². The first-order valence-electron chi connectivity index (χ1n) is 9.26. The molecule has 1 fully saturated rings. The number of hydrogen-bond donors (Lipinski definition) is 1. The molecule has 0 saturated carbocycles. The summed E-state index contributed by atoms with van der Waals surface area (Å²) in [6.45, 7) is 6.84. The van der Waals surface area contributed by atoms with Crippen LogP contribution in [0.3, 0.4) is 0 Å². The van der Waals surface area contributed by atoms with E-state index in [0.29, 0.717) is 0 Å². The summed E-state index contributed by atoms with van der Waals surface area (Å²) in [5.41, 5.74) is 1.94. The number of amides is 1. The standard InChI is InChI=1S/C20H28N4O/c1-16(17(2)24-13-7-10-22-24)21-15-18-8-6-9-19(14-18)20(25)23-11-4-3-5-12-23/h6-10,13-14,16-17,21H,3-5,11-12,15H2,1-2H3/t16-,17+/m0/s1. The van der Waals surface area contributed by atoms with Crippen molar-refractivity contribution in [3.05, 3.63) is 53.9 Å². The van der Waals surface area contributed by atoms with E-state index < -0.39 is 0 Å². The summed E-state index contributed by atoms with van der Waals surface area (Å²) in [6, 6.07) is 10.5. The van der Waals surface area contributed by atoms with Crippen molar-refractivity contribution >= 4 is 5.91 Å². The molecule has 1 aromatic heterocycles. The van der Waals surface area contributed by atoms with Crippen molar-refractivity contribution in [3.8, 4) is 0 Å². The highest BCUT2D eigenvalue weighted by molar-refractivity contribution is 5.94. The molecule has 2 atom stereocenters. The molecule has 5 nitrogen and oxygen atoms in total. The van der Waals surface area contributed by atoms with Crippen molar-refractivity contribution in [2.24, 2.45) is 0 Å². The molecule has 0 bridgehead atoms. The van der Waals surface area contributed by atoms with E-state index in [4.69, 9.17) is 0 Å². The Morgan fingerprint density at radius 3 is 2.72 bits per heavy atom. The van der Waals surface area contributed by atoms with Crippen LogP contribution in [0, 0.1) is 0 Å². The van der Waals surface area contributed by atoms with Gasteiger partial charge in [0, 0.05) is 43.6 Å². The van der Waals surface area contributed by atoms with Crippen LogP contribution in [0.4, 0.5) is 0 Å². The first kappa shape index (κ1) is 17.7. The van der Waals surface area contributed by atoms with E-state index in [9.17, 15) is 4.79 Å². The van der Waals surface area contributed by atoms with Crippen LogP contribution in [0.5, 0.6) is 0 Å². The van der Waals surface area contributed by atoms with Crippen molar-refractivity contribution < 1.29 is 4.79 Å². The number of aromatic nitrogens is 2. The zero-order valence-electron chi connectivity index (χ0n) is 15.2. The van der Waals surface area contributed by atoms with E-state index in [1.807, 2.05) is 40.0 Å². The predicted molar refractivity (Wildman–Crippen MR) is 99.4 cm³/mol. The maximum Gasteiger partial charge on any atom is 0.253 e. The lowest BCUT2D eigenvalue weighted by Gasteiger charge is -2.27. The Balaban J connectivity index is 1.58. The number of carbonyl (C=O) groups excluding carboxylic acids is 1. The molecule has 1 aromatic carbocycles. The molecule has 2 heterocycles. The number of hydrogen-bond acceptors (Lipinski definition) is 3. The molecule has 25 heavy (non-hydrogen) atoms. The summed E-state index contributed by atoms with van der Waals surface area (Å²) in [7, 11) is 0. The SMILES string of the molecule is C[C@H](NCc1cccc(C(=O)N2CCCCC2)c1)[C@@H](C)n1cccn1. The summed E-state index contributed by atoms with van der Waals surface area (Å²) >= 11 is 0. The number of likely N-dealkylation sites (tertiary alicyclic amines) is 1. The number of benzene rings is 1. The van der Waals surface area contributed by atoms with Crippen molar-refractivity contribution in [3.63, 3.8) is 0 Å². The maximum absolute atomic E-state index is 12.6. The van der Waals surface area contributed by atoms with Gasteiger partial charge in [-0.25, -0.2) is 0 Å². The lowest BCUT2D eigenvalue weighted by atomic mass is 10.1. The van der Waals surface area contributed by atoms with E-state index in [-0.39, 0.29) is 18.0 Å². The fourth-order valence-electron chi connectivity index (χ4n) is 3.29. The summed E-state index contributed by atoms with van der Waals surface area (Å²) in [4.78, 5) is 14.6. The van der Waals surface area contributed by atoms with Crippen LogP contribution in [0.1, 0.15) is 55.1 Å². The number of carbonyl (C=O) groups is 1. The molecular weight excluding hydrogens is 312 g/mol. The second-order valence-electron chi connectivity index (χ2n) is 6.95. The van der Waals surface area contributed by atoms with E-state index in [1.165, 1.54) is 6.42 Å². The van der Waals surface area contributed by atoms with Crippen LogP contribution in [-0.2, 0) is 6.54 Å². The van der Waals surface area contributed by atoms with Crippen LogP contribution < -0.4 is 5.32 Å². The molecule has 1 saturated heterocycles. The molecule has 134 valence electrons. The van der Waals surface area contributed by atoms with E-state index >= 15 is 0 Å². The second kappa shape index (κ2) is 8.30. The van der Waals surface area contributed by atoms with Crippen molar-refractivity contribution in [1.29, 1.82) is 0 Å². The second-order valence-corrected chi connectivity index (χ2v) is 6.95. The van der Waals surface area contributed by atoms with E-state index in [1.54, 1.807) is 6.20 Å². The summed E-state index contributed by atoms with van der Waals surface area (Å²) in [5, 5.41) is 7.85. The number of rotatable bonds is 6. The predicted octanol–water partition coefficient (Wildman–Crippen LogP) is 3.25. The zero-order valence-corrected chi connectivity index (χ0v) is 15.2. The highest BCUT2D eigenvalue weighted by Gasteiger charge is 2.18. The van der Waals surface area contributed by atoms with Crippen LogP contribution in [0.25, 0.3) is 0 Å². The number of piperidine rings is 1. The first-order chi connectivity index (χ1) is 12.1. The third-order valence-corrected chi connectivity index (χ3v) is 5.11. The highest BCUT2D eigenvalue weighted by Crippen LogP contribution is 2.15. The Kier molecular flexibility index (Phi) is 5.87. The smallest absolute Gasteiger partial charge is 0.253 e. The van der Waals surface area contributed by atoms with Gasteiger partial charge in [0.1, 0.15) is 0 Å². The fourth-order valence-corrected chi connectivity index (χ4v) is 3.29. The lowest BCUT2D eigenvalue weighted by molar-refractivity contribution is 0.0724. The molecule has 0 unspecified atom stereocenters. The van der Waals surface area contributed by atoms with E-state index in [2.05, 4.69) is 30.3 Å². The Bertz CT molecular complexity index is 677. The third kappa shape index (κ3) is 4.48. The lowest BCUT2D eigenvalue weighted by Crippen LogP contribution is -2.36. The molecule has 0 radical (unpaired) electrons. The molecule has 5 heteroatoms. The van der Waals surface area contributed by atoms with Gasteiger partial charge in [-0.3, -0.25) is 9.48 Å². The van der Waals surface area contributed by atoms with Crippen LogP contribution in [-0.4, -0.2) is 39.7 Å². The number of nitrogens with one attached hydrogen (secondary N) is 1. The van der Waals surface area contributed by atoms with Gasteiger partial charge >= 0.3 is 0 Å². The third-order valence-electron chi connectivity index (χ3n) is 5.11. The molecule has 2 aromatic rings. The molecular formula is C20H28N4O. The fraction of sp³-hybridized carbons (Fsp3) is 0.500. The molecule has 1 amide bonds. The molecule has 1 aliphatic heterocycles. The van der Waals surface area contributed by atoms with Gasteiger partial charge in [0.2, 0.25) is 0 Å². The minimum Gasteiger partial charge on any atom is -0.339 e. The minimum absolute atomic E-state index is 0.166. The Hall–Kier alpha value is -2.14. The summed E-state index contributed by atoms with van der Waals surface area (Å²) in [6.07, 6.45) is 7.27. The van der Waals surface area contributed by atoms with Crippen LogP contribution in [0.2, 0.25) is 0 Å². The quantitative estimate of drug-likeness (QED) is 0.878. The molecule has 1 aliphatic rings. The first-order valence-corrected chi connectivity index (χ1v) is 9.26. The average molecular weight is 340 g/mol. The monoisotopic (exact) mass is 340 g/mol. The van der Waals surface area contributed by atoms with Gasteiger partial charge in [-0.2, -0.15) is 5.10 Å². The highest BCUT2D eigenvalue weighted by atomic mass is 16.2. The average Bonchev–Trinajstić information content (AvgIpc) is 3.20. The van der Waals surface area contributed by atoms with Crippen molar-refractivity contribution in [2.75, 3.05) is 13.1 Å². The largest absolute Gasteiger partial charge is 0.339 e. The van der Waals surface area contributed by atoms with Crippen molar-refractivity contribution in [1.82, 2.24) is 20.0 Å². The zero-order chi connectivity index (χ0) is 17.6. The number of nitrogens with zero attached hydrogens (tertiary/aromatic N) is 3. The topological polar surface area (TPSA) is 50.2 Å². The Morgan fingerprint density at radius 1 is 1.20 bits per heavy atom. The summed E-state index contributed by atoms with van der Waals surface area (Å²) in [5.74, 6) is 0.166. The minimum atomic E-state index is 0.166. The Morgan fingerprint density at radius 2 is 2.00 bits per heavy atom. The molecule has 0 aliphatic carbocycles. The van der Waals surface area contributed by atoms with Crippen molar-refractivity contribution in [2.45, 2.75) is 51.7 Å². The van der Waals surface area contributed by atoms with Gasteiger partial charge < -0.3 is 10.2 Å². The van der Waals surface area contributed by atoms with Gasteiger partial charge in [-0.1, -0.05) is 12.1 Å². The van der Waals surface area contributed by atoms with Gasteiger partial charge in [-0.15, -0.1) is 0 Å². The van der Waals surface area contributed by atoms with Gasteiger partial charge in [0.25, 0.3) is 5.91 Å². The molecule has 3 rings (SSSR count).